The van der Waals surface area contributed by atoms with E-state index in [1.807, 2.05) is 0 Å². The van der Waals surface area contributed by atoms with Gasteiger partial charge in [0.15, 0.2) is 0 Å². The zero-order valence-electron chi connectivity index (χ0n) is 22.8. The van der Waals surface area contributed by atoms with Gasteiger partial charge in [-0.25, -0.2) is 0 Å². The first-order valence-corrected chi connectivity index (χ1v) is 13.4. The summed E-state index contributed by atoms with van der Waals surface area (Å²) in [7, 11) is 3.60. The van der Waals surface area contributed by atoms with Crippen LogP contribution in [-0.2, 0) is 27.7 Å². The second-order valence-corrected chi connectivity index (χ2v) is 11.1. The van der Waals surface area contributed by atoms with Gasteiger partial charge in [-0.3, -0.25) is 0 Å². The lowest BCUT2D eigenvalue weighted by molar-refractivity contribution is 0.118. The van der Waals surface area contributed by atoms with Crippen LogP contribution in [0.2, 0.25) is 0 Å². The molecule has 0 N–H and O–H groups in total. The Morgan fingerprint density at radius 1 is 0.541 bits per heavy atom. The summed E-state index contributed by atoms with van der Waals surface area (Å²) in [5, 5.41) is 0. The second kappa shape index (κ2) is 8.97. The van der Waals surface area contributed by atoms with Crippen molar-refractivity contribution in [3.63, 3.8) is 0 Å². The summed E-state index contributed by atoms with van der Waals surface area (Å²) in [5.41, 5.74) is 15.9. The van der Waals surface area contributed by atoms with Gasteiger partial charge in [0.05, 0.1) is 17.6 Å². The third kappa shape index (κ3) is 3.61. The van der Waals surface area contributed by atoms with Crippen LogP contribution in [0.4, 0.5) is 0 Å². The van der Waals surface area contributed by atoms with Crippen molar-refractivity contribution in [2.24, 2.45) is 0 Å². The topological polar surface area (TPSA) is 18.5 Å². The van der Waals surface area contributed by atoms with Crippen molar-refractivity contribution < 1.29 is 9.47 Å². The molecule has 4 aromatic carbocycles. The van der Waals surface area contributed by atoms with Crippen molar-refractivity contribution in [2.75, 3.05) is 14.2 Å². The van der Waals surface area contributed by atoms with Crippen molar-refractivity contribution in [2.45, 2.75) is 58.2 Å². The number of fused-ring (bicyclic) bond motifs is 10. The van der Waals surface area contributed by atoms with Crippen LogP contribution in [-0.4, -0.2) is 26.4 Å². The number of hydrogen-bond donors (Lipinski definition) is 0. The fourth-order valence-electron chi connectivity index (χ4n) is 6.63. The van der Waals surface area contributed by atoms with Crippen molar-refractivity contribution in [1.82, 2.24) is 0 Å². The van der Waals surface area contributed by atoms with Gasteiger partial charge in [-0.05, 0) is 96.2 Å². The summed E-state index contributed by atoms with van der Waals surface area (Å²) in [6, 6.07) is 28.2. The highest BCUT2D eigenvalue weighted by Gasteiger charge is 2.52. The molecule has 2 aliphatic rings. The molecule has 2 heteroatoms. The van der Waals surface area contributed by atoms with E-state index < -0.39 is 0 Å². The van der Waals surface area contributed by atoms with Gasteiger partial charge in [-0.1, -0.05) is 83.9 Å². The smallest absolute Gasteiger partial charge is 0.0725 e. The SMILES string of the molecule is COC(C)Cc1ccc2c(c1)C1(c3cc(C)ccc3-c3ccc(C)cc31)c1cc(CC(C)OC)ccc1-2. The molecule has 4 aromatic rings. The van der Waals surface area contributed by atoms with Crippen molar-refractivity contribution >= 4 is 0 Å². The molecule has 0 aromatic heterocycles. The van der Waals surface area contributed by atoms with Crippen molar-refractivity contribution in [3.05, 3.63) is 117 Å². The fraction of sp³-hybridized carbons (Fsp3) is 0.314. The summed E-state index contributed by atoms with van der Waals surface area (Å²) in [4.78, 5) is 0. The lowest BCUT2D eigenvalue weighted by Crippen LogP contribution is -2.26. The predicted octanol–water partition coefficient (Wildman–Crippen LogP) is 7.80. The maximum atomic E-state index is 5.65. The molecule has 0 radical (unpaired) electrons. The lowest BCUT2D eigenvalue weighted by Gasteiger charge is -2.31. The molecule has 2 aliphatic carbocycles. The van der Waals surface area contributed by atoms with Gasteiger partial charge >= 0.3 is 0 Å². The molecular formula is C35H36O2. The van der Waals surface area contributed by atoms with E-state index in [0.29, 0.717) is 0 Å². The molecule has 188 valence electrons. The molecule has 2 unspecified atom stereocenters. The van der Waals surface area contributed by atoms with Crippen molar-refractivity contribution in [3.8, 4) is 22.3 Å². The third-order valence-electron chi connectivity index (χ3n) is 8.57. The van der Waals surface area contributed by atoms with Gasteiger partial charge in [-0.2, -0.15) is 0 Å². The summed E-state index contributed by atoms with van der Waals surface area (Å²) in [6.07, 6.45) is 2.14. The van der Waals surface area contributed by atoms with Gasteiger partial charge in [0.2, 0.25) is 0 Å². The first-order chi connectivity index (χ1) is 17.9. The highest BCUT2D eigenvalue weighted by molar-refractivity contribution is 5.95. The Hall–Kier alpha value is -3.20. The Bertz CT molecular complexity index is 1400. The second-order valence-electron chi connectivity index (χ2n) is 11.1. The van der Waals surface area contributed by atoms with E-state index in [-0.39, 0.29) is 17.6 Å². The number of aryl methyl sites for hydroxylation is 2. The van der Waals surface area contributed by atoms with E-state index in [9.17, 15) is 0 Å². The quantitative estimate of drug-likeness (QED) is 0.238. The minimum atomic E-state index is -0.327. The van der Waals surface area contributed by atoms with E-state index >= 15 is 0 Å². The zero-order valence-corrected chi connectivity index (χ0v) is 22.8. The Morgan fingerprint density at radius 2 is 0.892 bits per heavy atom. The first-order valence-electron chi connectivity index (χ1n) is 13.4. The number of hydrogen-bond acceptors (Lipinski definition) is 2. The maximum Gasteiger partial charge on any atom is 0.0725 e. The molecule has 6 rings (SSSR count). The van der Waals surface area contributed by atoms with Crippen molar-refractivity contribution in [1.29, 1.82) is 0 Å². The Balaban J connectivity index is 1.70. The molecule has 2 nitrogen and oxygen atoms in total. The highest BCUT2D eigenvalue weighted by Crippen LogP contribution is 2.63. The van der Waals surface area contributed by atoms with Crippen LogP contribution in [0.1, 0.15) is 58.4 Å². The summed E-state index contributed by atoms with van der Waals surface area (Å²) in [6.45, 7) is 8.72. The third-order valence-corrected chi connectivity index (χ3v) is 8.57. The molecule has 0 amide bonds. The predicted molar refractivity (Wildman–Crippen MR) is 153 cm³/mol. The maximum absolute atomic E-state index is 5.65. The molecule has 0 saturated carbocycles. The average molecular weight is 489 g/mol. The molecule has 0 aliphatic heterocycles. The van der Waals surface area contributed by atoms with Crippen LogP contribution in [0.25, 0.3) is 22.3 Å². The summed E-state index contributed by atoms with van der Waals surface area (Å²) >= 11 is 0. The van der Waals surface area contributed by atoms with E-state index in [4.69, 9.17) is 9.47 Å². The van der Waals surface area contributed by atoms with Gasteiger partial charge < -0.3 is 9.47 Å². The molecular weight excluding hydrogens is 452 g/mol. The molecule has 2 atom stereocenters. The van der Waals surface area contributed by atoms with Crippen LogP contribution in [0.3, 0.4) is 0 Å². The van der Waals surface area contributed by atoms with Crippen LogP contribution in [0.15, 0.2) is 72.8 Å². The molecule has 1 spiro atoms. The van der Waals surface area contributed by atoms with Gasteiger partial charge in [0.1, 0.15) is 0 Å². The molecule has 0 saturated heterocycles. The van der Waals surface area contributed by atoms with E-state index in [2.05, 4.69) is 100 Å². The monoisotopic (exact) mass is 488 g/mol. The number of rotatable bonds is 6. The molecule has 37 heavy (non-hydrogen) atoms. The van der Waals surface area contributed by atoms with Crippen LogP contribution in [0.5, 0.6) is 0 Å². The molecule has 0 bridgehead atoms. The Kier molecular flexibility index (Phi) is 5.86. The molecule has 0 fully saturated rings. The first kappa shape index (κ1) is 24.2. The number of benzene rings is 4. The summed E-state index contributed by atoms with van der Waals surface area (Å²) in [5.74, 6) is 0. The van der Waals surface area contributed by atoms with Crippen LogP contribution >= 0.6 is 0 Å². The van der Waals surface area contributed by atoms with E-state index in [0.717, 1.165) is 12.8 Å². The Labute approximate surface area is 221 Å². The highest BCUT2D eigenvalue weighted by atomic mass is 16.5. The minimum absolute atomic E-state index is 0.174. The van der Waals surface area contributed by atoms with Crippen LogP contribution < -0.4 is 0 Å². The number of ether oxygens (including phenoxy) is 2. The zero-order chi connectivity index (χ0) is 25.9. The van der Waals surface area contributed by atoms with E-state index in [1.54, 1.807) is 14.2 Å². The minimum Gasteiger partial charge on any atom is -0.381 e. The van der Waals surface area contributed by atoms with Crippen LogP contribution in [0, 0.1) is 13.8 Å². The van der Waals surface area contributed by atoms with Gasteiger partial charge in [-0.15, -0.1) is 0 Å². The lowest BCUT2D eigenvalue weighted by atomic mass is 9.69. The standard InChI is InChI=1S/C35H36O2/c1-21-7-11-27-28-12-8-22(2)16-32(28)35(31(27)15-21)33-19-25(17-23(3)36-5)9-13-29(33)30-14-10-26(20-34(30)35)18-24(4)37-6/h7-16,19-20,23-24H,17-18H2,1-6H3. The average Bonchev–Trinajstić information content (AvgIpc) is 3.33. The molecule has 0 heterocycles. The number of methoxy groups -OCH3 is 2. The Morgan fingerprint density at radius 3 is 1.27 bits per heavy atom. The fourth-order valence-corrected chi connectivity index (χ4v) is 6.63. The van der Waals surface area contributed by atoms with E-state index in [1.165, 1.54) is 66.8 Å². The summed E-state index contributed by atoms with van der Waals surface area (Å²) < 4.78 is 11.3. The van der Waals surface area contributed by atoms with Gasteiger partial charge in [0.25, 0.3) is 0 Å². The normalized spacial score (nSPS) is 15.7. The van der Waals surface area contributed by atoms with Gasteiger partial charge in [0, 0.05) is 14.2 Å². The largest absolute Gasteiger partial charge is 0.381 e.